The van der Waals surface area contributed by atoms with Crippen molar-refractivity contribution in [3.05, 3.63) is 58.7 Å². The van der Waals surface area contributed by atoms with Gasteiger partial charge in [-0.05, 0) is 74.4 Å². The van der Waals surface area contributed by atoms with Crippen LogP contribution in [0.5, 0.6) is 5.75 Å². The second-order valence-electron chi connectivity index (χ2n) is 10.1. The van der Waals surface area contributed by atoms with Crippen molar-refractivity contribution in [2.75, 3.05) is 24.6 Å². The van der Waals surface area contributed by atoms with Crippen LogP contribution >= 0.6 is 0 Å². The van der Waals surface area contributed by atoms with Gasteiger partial charge in [-0.2, -0.15) is 0 Å². The highest BCUT2D eigenvalue weighted by molar-refractivity contribution is 6.06. The molecule has 37 heavy (non-hydrogen) atoms. The molecule has 1 atom stereocenters. The molecule has 3 aliphatic heterocycles. The molecular formula is C28H32N4O5. The van der Waals surface area contributed by atoms with Crippen LogP contribution < -0.4 is 20.7 Å². The van der Waals surface area contributed by atoms with Gasteiger partial charge in [0, 0.05) is 48.4 Å². The van der Waals surface area contributed by atoms with Gasteiger partial charge in [0.25, 0.3) is 5.91 Å². The lowest BCUT2D eigenvalue weighted by atomic mass is 9.93. The number of rotatable bonds is 7. The van der Waals surface area contributed by atoms with E-state index in [4.69, 9.17) is 10.5 Å². The third-order valence-corrected chi connectivity index (χ3v) is 7.77. The van der Waals surface area contributed by atoms with E-state index in [1.54, 1.807) is 17.0 Å². The van der Waals surface area contributed by atoms with Crippen molar-refractivity contribution < 1.29 is 23.9 Å². The van der Waals surface area contributed by atoms with E-state index in [2.05, 4.69) is 16.3 Å². The predicted octanol–water partition coefficient (Wildman–Crippen LogP) is 2.54. The zero-order valence-corrected chi connectivity index (χ0v) is 21.0. The lowest BCUT2D eigenvalue weighted by Crippen LogP contribution is -2.52. The molecule has 0 spiro atoms. The highest BCUT2D eigenvalue weighted by Gasteiger charge is 2.40. The summed E-state index contributed by atoms with van der Waals surface area (Å²) in [5, 5.41) is 2.36. The summed E-state index contributed by atoms with van der Waals surface area (Å²) in [6, 6.07) is 10.5. The average Bonchev–Trinajstić information content (AvgIpc) is 3.20. The molecule has 194 valence electrons. The van der Waals surface area contributed by atoms with Gasteiger partial charge in [-0.1, -0.05) is 6.07 Å². The molecule has 1 unspecified atom stereocenters. The van der Waals surface area contributed by atoms with Gasteiger partial charge < -0.3 is 20.3 Å². The van der Waals surface area contributed by atoms with E-state index in [0.717, 1.165) is 54.9 Å². The average molecular weight is 505 g/mol. The van der Waals surface area contributed by atoms with Crippen molar-refractivity contribution in [3.8, 4) is 5.75 Å². The number of imide groups is 1. The molecule has 2 saturated heterocycles. The van der Waals surface area contributed by atoms with Crippen LogP contribution in [0.15, 0.2) is 36.4 Å². The molecule has 9 nitrogen and oxygen atoms in total. The summed E-state index contributed by atoms with van der Waals surface area (Å²) in [4.78, 5) is 52.4. The van der Waals surface area contributed by atoms with Crippen molar-refractivity contribution >= 4 is 29.3 Å². The summed E-state index contributed by atoms with van der Waals surface area (Å²) < 4.78 is 5.93. The number of hydrogen-bond donors (Lipinski definition) is 2. The third kappa shape index (κ3) is 5.03. The second-order valence-corrected chi connectivity index (χ2v) is 10.1. The Bertz CT molecular complexity index is 1250. The molecule has 0 radical (unpaired) electrons. The Morgan fingerprint density at radius 3 is 2.59 bits per heavy atom. The normalized spacial score (nSPS) is 20.1. The van der Waals surface area contributed by atoms with Gasteiger partial charge in [-0.3, -0.25) is 24.5 Å². The number of benzene rings is 2. The maximum absolute atomic E-state index is 13.1. The minimum absolute atomic E-state index is 0.141. The molecule has 2 aromatic rings. The standard InChI is InChI=1S/C28H32N4O5/c1-17-15-19(5-6-20(17)26(29)34)37-14-11-18-9-12-31(13-10-18)23-4-2-3-21-22(23)16-32(28(21)36)24-7-8-25(33)30-27(24)35/h2-6,15,18,24H,7-14,16H2,1H3,(H2,29,34)(H,30,33,35). The van der Waals surface area contributed by atoms with Crippen LogP contribution in [0.3, 0.4) is 0 Å². The van der Waals surface area contributed by atoms with Crippen LogP contribution in [0, 0.1) is 12.8 Å². The monoisotopic (exact) mass is 504 g/mol. The number of carbonyl (C=O) groups is 4. The molecule has 0 aliphatic carbocycles. The first-order valence-corrected chi connectivity index (χ1v) is 12.9. The Balaban J connectivity index is 1.16. The minimum Gasteiger partial charge on any atom is -0.494 e. The summed E-state index contributed by atoms with van der Waals surface area (Å²) in [6.07, 6.45) is 3.61. The van der Waals surface area contributed by atoms with E-state index in [0.29, 0.717) is 36.6 Å². The van der Waals surface area contributed by atoms with Crippen molar-refractivity contribution in [1.82, 2.24) is 10.2 Å². The van der Waals surface area contributed by atoms with Gasteiger partial charge in [0.2, 0.25) is 17.7 Å². The first-order valence-electron chi connectivity index (χ1n) is 12.9. The van der Waals surface area contributed by atoms with Crippen molar-refractivity contribution in [3.63, 3.8) is 0 Å². The van der Waals surface area contributed by atoms with Gasteiger partial charge in [0.15, 0.2) is 0 Å². The topological polar surface area (TPSA) is 122 Å². The highest BCUT2D eigenvalue weighted by Crippen LogP contribution is 2.36. The fourth-order valence-corrected chi connectivity index (χ4v) is 5.67. The Labute approximate surface area is 215 Å². The van der Waals surface area contributed by atoms with Crippen LogP contribution in [-0.4, -0.2) is 54.3 Å². The molecule has 0 bridgehead atoms. The number of aryl methyl sites for hydroxylation is 1. The van der Waals surface area contributed by atoms with Gasteiger partial charge >= 0.3 is 0 Å². The number of amides is 4. The van der Waals surface area contributed by atoms with E-state index in [9.17, 15) is 19.2 Å². The number of nitrogens with one attached hydrogen (secondary N) is 1. The number of anilines is 1. The quantitative estimate of drug-likeness (QED) is 0.559. The van der Waals surface area contributed by atoms with Gasteiger partial charge in [0.05, 0.1) is 6.61 Å². The Hall–Kier alpha value is -3.88. The van der Waals surface area contributed by atoms with E-state index >= 15 is 0 Å². The number of ether oxygens (including phenoxy) is 1. The molecule has 5 rings (SSSR count). The molecule has 2 aromatic carbocycles. The summed E-state index contributed by atoms with van der Waals surface area (Å²) in [5.74, 6) is 0.0347. The fourth-order valence-electron chi connectivity index (χ4n) is 5.67. The summed E-state index contributed by atoms with van der Waals surface area (Å²) >= 11 is 0. The van der Waals surface area contributed by atoms with E-state index < -0.39 is 11.9 Å². The van der Waals surface area contributed by atoms with E-state index in [-0.39, 0.29) is 24.1 Å². The zero-order valence-electron chi connectivity index (χ0n) is 21.0. The van der Waals surface area contributed by atoms with Gasteiger partial charge in [-0.15, -0.1) is 0 Å². The number of primary amides is 1. The Kier molecular flexibility index (Phi) is 6.86. The van der Waals surface area contributed by atoms with Crippen LogP contribution in [0.1, 0.15) is 63.9 Å². The molecule has 0 saturated carbocycles. The highest BCUT2D eigenvalue weighted by atomic mass is 16.5. The van der Waals surface area contributed by atoms with Crippen LogP contribution in [-0.2, 0) is 16.1 Å². The van der Waals surface area contributed by atoms with Gasteiger partial charge in [0.1, 0.15) is 11.8 Å². The first-order chi connectivity index (χ1) is 17.8. The SMILES string of the molecule is Cc1cc(OCCC2CCN(c3cccc4c3CN(C3CCC(=O)NC3=O)C4=O)CC2)ccc1C(N)=O. The second kappa shape index (κ2) is 10.2. The summed E-state index contributed by atoms with van der Waals surface area (Å²) in [5.41, 5.74) is 9.36. The third-order valence-electron chi connectivity index (χ3n) is 7.77. The van der Waals surface area contributed by atoms with Crippen molar-refractivity contribution in [2.45, 2.75) is 51.6 Å². The minimum atomic E-state index is -0.605. The fraction of sp³-hybridized carbons (Fsp3) is 0.429. The largest absolute Gasteiger partial charge is 0.494 e. The lowest BCUT2D eigenvalue weighted by molar-refractivity contribution is -0.136. The number of hydrogen-bond acceptors (Lipinski definition) is 6. The van der Waals surface area contributed by atoms with Crippen LogP contribution in [0.25, 0.3) is 0 Å². The van der Waals surface area contributed by atoms with Gasteiger partial charge in [-0.25, -0.2) is 0 Å². The van der Waals surface area contributed by atoms with Crippen LogP contribution in [0.4, 0.5) is 5.69 Å². The zero-order chi connectivity index (χ0) is 26.1. The number of nitrogens with two attached hydrogens (primary N) is 1. The van der Waals surface area contributed by atoms with Crippen LogP contribution in [0.2, 0.25) is 0 Å². The number of piperidine rings is 2. The number of fused-ring (bicyclic) bond motifs is 1. The van der Waals surface area contributed by atoms with E-state index in [1.165, 1.54) is 0 Å². The summed E-state index contributed by atoms with van der Waals surface area (Å²) in [7, 11) is 0. The number of nitrogens with zero attached hydrogens (tertiary/aromatic N) is 2. The molecule has 0 aromatic heterocycles. The smallest absolute Gasteiger partial charge is 0.255 e. The molecule has 3 aliphatic rings. The Morgan fingerprint density at radius 2 is 1.89 bits per heavy atom. The Morgan fingerprint density at radius 1 is 1.11 bits per heavy atom. The molecule has 2 fully saturated rings. The maximum Gasteiger partial charge on any atom is 0.255 e. The van der Waals surface area contributed by atoms with Crippen molar-refractivity contribution in [1.29, 1.82) is 0 Å². The lowest BCUT2D eigenvalue weighted by Gasteiger charge is -2.35. The molecular weight excluding hydrogens is 472 g/mol. The first kappa shape index (κ1) is 24.8. The molecule has 3 N–H and O–H groups in total. The molecule has 3 heterocycles. The number of carbonyl (C=O) groups excluding carboxylic acids is 4. The summed E-state index contributed by atoms with van der Waals surface area (Å²) in [6.45, 7) is 4.62. The maximum atomic E-state index is 13.1. The molecule has 4 amide bonds. The molecule has 9 heteroatoms. The van der Waals surface area contributed by atoms with Crippen molar-refractivity contribution in [2.24, 2.45) is 11.7 Å². The predicted molar refractivity (Wildman–Crippen MR) is 137 cm³/mol. The van der Waals surface area contributed by atoms with E-state index in [1.807, 2.05) is 25.1 Å².